The smallest absolute Gasteiger partial charge is 0.379 e. The molecule has 0 bridgehead atoms. The zero-order chi connectivity index (χ0) is 16.9. The quantitative estimate of drug-likeness (QED) is 0.678. The molecule has 0 aromatic heterocycles. The summed E-state index contributed by atoms with van der Waals surface area (Å²) in [5.41, 5.74) is 2.92. The molecule has 0 heterocycles. The van der Waals surface area contributed by atoms with Crippen molar-refractivity contribution < 1.29 is 18.3 Å². The summed E-state index contributed by atoms with van der Waals surface area (Å²) < 4.78 is 37.4. The lowest BCUT2D eigenvalue weighted by Gasteiger charge is -2.15. The van der Waals surface area contributed by atoms with E-state index >= 15 is 0 Å². The molecule has 23 heavy (non-hydrogen) atoms. The number of hydrogen-bond acceptors (Lipinski definition) is 1. The van der Waals surface area contributed by atoms with Gasteiger partial charge in [0.2, 0.25) is 0 Å². The number of halogens is 3. The standard InChI is InChI=1S/C19H21F3O/c1-2-3-4-5-14-6-8-15(9-7-14)16-10-12-17(13-11-16)18(23)19(20,21)22/h6-13,18,23H,2-5H2,1H3. The van der Waals surface area contributed by atoms with Crippen LogP contribution in [0.4, 0.5) is 13.2 Å². The summed E-state index contributed by atoms with van der Waals surface area (Å²) >= 11 is 0. The molecule has 0 saturated heterocycles. The Kier molecular flexibility index (Phi) is 5.83. The van der Waals surface area contributed by atoms with E-state index in [4.69, 9.17) is 0 Å². The molecule has 2 aromatic rings. The van der Waals surface area contributed by atoms with Crippen LogP contribution in [0.5, 0.6) is 0 Å². The highest BCUT2D eigenvalue weighted by atomic mass is 19.4. The second-order valence-corrected chi connectivity index (χ2v) is 5.72. The van der Waals surface area contributed by atoms with Crippen LogP contribution in [0.15, 0.2) is 48.5 Å². The highest BCUT2D eigenvalue weighted by Crippen LogP contribution is 2.33. The monoisotopic (exact) mass is 322 g/mol. The van der Waals surface area contributed by atoms with Gasteiger partial charge in [0.25, 0.3) is 0 Å². The van der Waals surface area contributed by atoms with E-state index in [1.165, 1.54) is 37.0 Å². The van der Waals surface area contributed by atoms with Crippen molar-refractivity contribution in [3.8, 4) is 11.1 Å². The van der Waals surface area contributed by atoms with Gasteiger partial charge in [-0.05, 0) is 35.1 Å². The molecular weight excluding hydrogens is 301 g/mol. The third kappa shape index (κ3) is 4.83. The molecule has 4 heteroatoms. The minimum absolute atomic E-state index is 0.141. The Morgan fingerprint density at radius 2 is 1.39 bits per heavy atom. The summed E-state index contributed by atoms with van der Waals surface area (Å²) in [6.45, 7) is 2.17. The molecule has 1 unspecified atom stereocenters. The van der Waals surface area contributed by atoms with Gasteiger partial charge in [-0.15, -0.1) is 0 Å². The summed E-state index contributed by atoms with van der Waals surface area (Å²) in [5.74, 6) is 0. The number of hydrogen-bond donors (Lipinski definition) is 1. The molecule has 2 aromatic carbocycles. The minimum atomic E-state index is -4.64. The van der Waals surface area contributed by atoms with Gasteiger partial charge in [0.05, 0.1) is 0 Å². The zero-order valence-electron chi connectivity index (χ0n) is 13.1. The Balaban J connectivity index is 2.07. The van der Waals surface area contributed by atoms with E-state index < -0.39 is 12.3 Å². The van der Waals surface area contributed by atoms with E-state index in [9.17, 15) is 18.3 Å². The molecule has 1 N–H and O–H groups in total. The first-order valence-electron chi connectivity index (χ1n) is 7.86. The van der Waals surface area contributed by atoms with Gasteiger partial charge in [-0.25, -0.2) is 0 Å². The lowest BCUT2D eigenvalue weighted by Crippen LogP contribution is -2.19. The number of rotatable bonds is 6. The lowest BCUT2D eigenvalue weighted by molar-refractivity contribution is -0.206. The lowest BCUT2D eigenvalue weighted by atomic mass is 9.99. The Bertz CT molecular complexity index is 600. The molecule has 0 amide bonds. The van der Waals surface area contributed by atoms with Crippen LogP contribution in [0.3, 0.4) is 0 Å². The molecular formula is C19H21F3O. The molecule has 0 radical (unpaired) electrons. The summed E-state index contributed by atoms with van der Waals surface area (Å²) in [6.07, 6.45) is -2.46. The Hall–Kier alpha value is -1.81. The van der Waals surface area contributed by atoms with E-state index in [0.29, 0.717) is 0 Å². The van der Waals surface area contributed by atoms with E-state index in [1.54, 1.807) is 12.1 Å². The van der Waals surface area contributed by atoms with Gasteiger partial charge in [-0.3, -0.25) is 0 Å². The van der Waals surface area contributed by atoms with Crippen LogP contribution in [-0.2, 0) is 6.42 Å². The third-order valence-electron chi connectivity index (χ3n) is 3.89. The molecule has 0 aliphatic heterocycles. The highest BCUT2D eigenvalue weighted by Gasteiger charge is 2.39. The van der Waals surface area contributed by atoms with E-state index in [1.807, 2.05) is 12.1 Å². The van der Waals surface area contributed by atoms with Crippen molar-refractivity contribution in [2.45, 2.75) is 44.9 Å². The number of alkyl halides is 3. The van der Waals surface area contributed by atoms with Crippen molar-refractivity contribution in [1.82, 2.24) is 0 Å². The molecule has 0 fully saturated rings. The molecule has 1 atom stereocenters. The number of aliphatic hydroxyl groups is 1. The molecule has 0 aliphatic rings. The first kappa shape index (κ1) is 17.5. The van der Waals surface area contributed by atoms with Crippen LogP contribution < -0.4 is 0 Å². The number of aliphatic hydroxyl groups excluding tert-OH is 1. The fourth-order valence-electron chi connectivity index (χ4n) is 2.49. The van der Waals surface area contributed by atoms with Crippen molar-refractivity contribution in [2.24, 2.45) is 0 Å². The second kappa shape index (κ2) is 7.64. The molecule has 124 valence electrons. The van der Waals surface area contributed by atoms with Crippen molar-refractivity contribution in [3.63, 3.8) is 0 Å². The number of aryl methyl sites for hydroxylation is 1. The summed E-state index contributed by atoms with van der Waals surface area (Å²) in [6, 6.07) is 13.9. The number of unbranched alkanes of at least 4 members (excludes halogenated alkanes) is 2. The highest BCUT2D eigenvalue weighted by molar-refractivity contribution is 5.64. The maximum atomic E-state index is 12.5. The van der Waals surface area contributed by atoms with Gasteiger partial charge in [0.15, 0.2) is 6.10 Å². The predicted molar refractivity (Wildman–Crippen MR) is 86.1 cm³/mol. The van der Waals surface area contributed by atoms with Crippen LogP contribution in [0.2, 0.25) is 0 Å². The Labute approximate surface area is 134 Å². The van der Waals surface area contributed by atoms with Crippen molar-refractivity contribution in [1.29, 1.82) is 0 Å². The van der Waals surface area contributed by atoms with E-state index in [0.717, 1.165) is 17.5 Å². The van der Waals surface area contributed by atoms with Gasteiger partial charge >= 0.3 is 6.18 Å². The summed E-state index contributed by atoms with van der Waals surface area (Å²) in [5, 5.41) is 9.23. The molecule has 0 aliphatic carbocycles. The van der Waals surface area contributed by atoms with Crippen LogP contribution in [0.25, 0.3) is 11.1 Å². The second-order valence-electron chi connectivity index (χ2n) is 5.72. The van der Waals surface area contributed by atoms with Gasteiger partial charge in [-0.1, -0.05) is 68.3 Å². The molecule has 0 saturated carbocycles. The zero-order valence-corrected chi connectivity index (χ0v) is 13.1. The third-order valence-corrected chi connectivity index (χ3v) is 3.89. The van der Waals surface area contributed by atoms with Gasteiger partial charge in [0, 0.05) is 0 Å². The molecule has 2 rings (SSSR count). The van der Waals surface area contributed by atoms with Gasteiger partial charge in [0.1, 0.15) is 0 Å². The topological polar surface area (TPSA) is 20.2 Å². The average molecular weight is 322 g/mol. The fraction of sp³-hybridized carbons (Fsp3) is 0.368. The van der Waals surface area contributed by atoms with Gasteiger partial charge in [-0.2, -0.15) is 13.2 Å². The fourth-order valence-corrected chi connectivity index (χ4v) is 2.49. The van der Waals surface area contributed by atoms with Crippen molar-refractivity contribution >= 4 is 0 Å². The summed E-state index contributed by atoms with van der Waals surface area (Å²) in [7, 11) is 0. The van der Waals surface area contributed by atoms with Crippen LogP contribution in [0.1, 0.15) is 43.4 Å². The molecule has 1 nitrogen and oxygen atoms in total. The van der Waals surface area contributed by atoms with E-state index in [2.05, 4.69) is 19.1 Å². The van der Waals surface area contributed by atoms with Crippen molar-refractivity contribution in [2.75, 3.05) is 0 Å². The minimum Gasteiger partial charge on any atom is -0.379 e. The van der Waals surface area contributed by atoms with Crippen molar-refractivity contribution in [3.05, 3.63) is 59.7 Å². The van der Waals surface area contributed by atoms with Crippen LogP contribution in [0, 0.1) is 0 Å². The first-order chi connectivity index (χ1) is 10.9. The maximum absolute atomic E-state index is 12.5. The largest absolute Gasteiger partial charge is 0.418 e. The van der Waals surface area contributed by atoms with E-state index in [-0.39, 0.29) is 5.56 Å². The molecule has 0 spiro atoms. The van der Waals surface area contributed by atoms with Gasteiger partial charge < -0.3 is 5.11 Å². The maximum Gasteiger partial charge on any atom is 0.418 e. The summed E-state index contributed by atoms with van der Waals surface area (Å²) in [4.78, 5) is 0. The number of benzene rings is 2. The Morgan fingerprint density at radius 1 is 0.870 bits per heavy atom. The first-order valence-corrected chi connectivity index (χ1v) is 7.86. The SMILES string of the molecule is CCCCCc1ccc(-c2ccc(C(O)C(F)(F)F)cc2)cc1. The normalized spacial score (nSPS) is 13.1. The van der Waals surface area contributed by atoms with Crippen LogP contribution >= 0.6 is 0 Å². The average Bonchev–Trinajstić information content (AvgIpc) is 2.54. The Morgan fingerprint density at radius 3 is 1.87 bits per heavy atom. The predicted octanol–water partition coefficient (Wildman–Crippen LogP) is 5.68. The van der Waals surface area contributed by atoms with Crippen LogP contribution in [-0.4, -0.2) is 11.3 Å².